The molecule has 1 saturated heterocycles. The van der Waals surface area contributed by atoms with Gasteiger partial charge in [0, 0.05) is 25.2 Å². The number of hydrogen-bond donors (Lipinski definition) is 1. The Morgan fingerprint density at radius 3 is 2.44 bits per heavy atom. The summed E-state index contributed by atoms with van der Waals surface area (Å²) in [5.74, 6) is 0.185. The molecule has 1 aromatic rings. The van der Waals surface area contributed by atoms with Gasteiger partial charge >= 0.3 is 0 Å². The van der Waals surface area contributed by atoms with E-state index in [9.17, 15) is 13.2 Å². The van der Waals surface area contributed by atoms with Crippen LogP contribution in [0.25, 0.3) is 0 Å². The third-order valence-corrected chi connectivity index (χ3v) is 5.82. The van der Waals surface area contributed by atoms with Crippen LogP contribution < -0.4 is 10.1 Å². The summed E-state index contributed by atoms with van der Waals surface area (Å²) in [6.45, 7) is 9.17. The first kappa shape index (κ1) is 19.7. The number of anilines is 1. The van der Waals surface area contributed by atoms with Gasteiger partial charge in [0.05, 0.1) is 6.61 Å². The first-order valence-corrected chi connectivity index (χ1v) is 10.1. The Labute approximate surface area is 150 Å². The van der Waals surface area contributed by atoms with Gasteiger partial charge in [-0.05, 0) is 43.4 Å². The van der Waals surface area contributed by atoms with E-state index in [0.717, 1.165) is 12.8 Å². The van der Waals surface area contributed by atoms with Crippen molar-refractivity contribution in [3.8, 4) is 5.75 Å². The SMILES string of the molecule is CCOc1ccc(NC(=O)CC(C)(C)C)cc1S(=O)(=O)N1CCCC1. The van der Waals surface area contributed by atoms with Gasteiger partial charge in [0.1, 0.15) is 10.6 Å². The van der Waals surface area contributed by atoms with Crippen LogP contribution in [0.4, 0.5) is 5.69 Å². The first-order valence-electron chi connectivity index (χ1n) is 8.70. The molecule has 1 amide bonds. The Morgan fingerprint density at radius 2 is 1.88 bits per heavy atom. The molecule has 0 bridgehead atoms. The van der Waals surface area contributed by atoms with Crippen molar-refractivity contribution >= 4 is 21.6 Å². The lowest BCUT2D eigenvalue weighted by Crippen LogP contribution is -2.28. The number of carbonyl (C=O) groups is 1. The quantitative estimate of drug-likeness (QED) is 0.836. The van der Waals surface area contributed by atoms with Gasteiger partial charge in [-0.1, -0.05) is 20.8 Å². The van der Waals surface area contributed by atoms with Crippen molar-refractivity contribution in [2.24, 2.45) is 5.41 Å². The topological polar surface area (TPSA) is 75.7 Å². The van der Waals surface area contributed by atoms with Crippen molar-refractivity contribution in [2.45, 2.75) is 51.9 Å². The van der Waals surface area contributed by atoms with Gasteiger partial charge in [-0.2, -0.15) is 4.31 Å². The van der Waals surface area contributed by atoms with Crippen molar-refractivity contribution in [1.82, 2.24) is 4.31 Å². The highest BCUT2D eigenvalue weighted by molar-refractivity contribution is 7.89. The van der Waals surface area contributed by atoms with E-state index in [4.69, 9.17) is 4.74 Å². The average molecular weight is 368 g/mol. The van der Waals surface area contributed by atoms with Gasteiger partial charge in [0.2, 0.25) is 15.9 Å². The number of ether oxygens (including phenoxy) is 1. The monoisotopic (exact) mass is 368 g/mol. The normalized spacial score (nSPS) is 16.0. The Morgan fingerprint density at radius 1 is 1.24 bits per heavy atom. The minimum absolute atomic E-state index is 0.116. The number of benzene rings is 1. The molecule has 1 aromatic carbocycles. The van der Waals surface area contributed by atoms with Crippen LogP contribution in [0.1, 0.15) is 47.0 Å². The zero-order valence-electron chi connectivity index (χ0n) is 15.5. The molecule has 0 aliphatic carbocycles. The molecule has 1 fully saturated rings. The average Bonchev–Trinajstić information content (AvgIpc) is 3.02. The highest BCUT2D eigenvalue weighted by Crippen LogP contribution is 2.32. The second-order valence-electron chi connectivity index (χ2n) is 7.49. The second-order valence-corrected chi connectivity index (χ2v) is 9.40. The first-order chi connectivity index (χ1) is 11.6. The Balaban J connectivity index is 2.31. The molecule has 2 rings (SSSR count). The summed E-state index contributed by atoms with van der Waals surface area (Å²) in [6.07, 6.45) is 2.09. The molecule has 1 aliphatic rings. The molecule has 1 aliphatic heterocycles. The molecule has 0 unspecified atom stereocenters. The van der Waals surface area contributed by atoms with E-state index in [1.165, 1.54) is 10.4 Å². The van der Waals surface area contributed by atoms with E-state index in [1.807, 2.05) is 27.7 Å². The minimum atomic E-state index is -3.63. The number of nitrogens with zero attached hydrogens (tertiary/aromatic N) is 1. The van der Waals surface area contributed by atoms with Gasteiger partial charge in [0.15, 0.2) is 0 Å². The van der Waals surface area contributed by atoms with Crippen molar-refractivity contribution in [3.63, 3.8) is 0 Å². The maximum atomic E-state index is 12.9. The van der Waals surface area contributed by atoms with E-state index in [-0.39, 0.29) is 16.2 Å². The third kappa shape index (κ3) is 5.19. The largest absolute Gasteiger partial charge is 0.492 e. The number of hydrogen-bond acceptors (Lipinski definition) is 4. The lowest BCUT2D eigenvalue weighted by atomic mass is 9.92. The predicted octanol–water partition coefficient (Wildman–Crippen LogP) is 3.24. The van der Waals surface area contributed by atoms with Crippen molar-refractivity contribution in [1.29, 1.82) is 0 Å². The summed E-state index contributed by atoms with van der Waals surface area (Å²) in [5.41, 5.74) is 0.329. The van der Waals surface area contributed by atoms with Crippen molar-refractivity contribution in [3.05, 3.63) is 18.2 Å². The molecular weight excluding hydrogens is 340 g/mol. The number of rotatable bonds is 6. The van der Waals surface area contributed by atoms with E-state index in [0.29, 0.717) is 37.6 Å². The third-order valence-electron chi connectivity index (χ3n) is 3.90. The molecule has 1 heterocycles. The summed E-state index contributed by atoms with van der Waals surface area (Å²) in [4.78, 5) is 12.3. The number of sulfonamides is 1. The molecule has 0 spiro atoms. The van der Waals surface area contributed by atoms with Crippen LogP contribution in [0.3, 0.4) is 0 Å². The molecule has 140 valence electrons. The zero-order chi connectivity index (χ0) is 18.7. The summed E-state index contributed by atoms with van der Waals surface area (Å²) in [5, 5.41) is 2.79. The maximum Gasteiger partial charge on any atom is 0.246 e. The van der Waals surface area contributed by atoms with E-state index in [1.54, 1.807) is 12.1 Å². The van der Waals surface area contributed by atoms with E-state index < -0.39 is 10.0 Å². The second kappa shape index (κ2) is 7.74. The molecule has 6 nitrogen and oxygen atoms in total. The zero-order valence-corrected chi connectivity index (χ0v) is 16.3. The lowest BCUT2D eigenvalue weighted by Gasteiger charge is -2.20. The van der Waals surface area contributed by atoms with E-state index >= 15 is 0 Å². The Kier molecular flexibility index (Phi) is 6.11. The van der Waals surface area contributed by atoms with Gasteiger partial charge in [-0.15, -0.1) is 0 Å². The number of nitrogens with one attached hydrogen (secondary N) is 1. The Bertz CT molecular complexity index is 717. The van der Waals surface area contributed by atoms with Crippen LogP contribution in [0, 0.1) is 5.41 Å². The number of amides is 1. The van der Waals surface area contributed by atoms with Crippen molar-refractivity contribution in [2.75, 3.05) is 25.0 Å². The minimum Gasteiger partial charge on any atom is -0.492 e. The molecule has 0 atom stereocenters. The molecular formula is C18H28N2O4S. The van der Waals surface area contributed by atoms with Gasteiger partial charge in [-0.3, -0.25) is 4.79 Å². The molecule has 25 heavy (non-hydrogen) atoms. The van der Waals surface area contributed by atoms with Gasteiger partial charge in [0.25, 0.3) is 0 Å². The molecule has 7 heteroatoms. The number of carbonyl (C=O) groups excluding carboxylic acids is 1. The summed E-state index contributed by atoms with van der Waals surface area (Å²) < 4.78 is 32.8. The summed E-state index contributed by atoms with van der Waals surface area (Å²) in [7, 11) is -3.63. The van der Waals surface area contributed by atoms with Crippen molar-refractivity contribution < 1.29 is 17.9 Å². The molecule has 1 N–H and O–H groups in total. The van der Waals surface area contributed by atoms with Gasteiger partial charge in [-0.25, -0.2) is 8.42 Å². The Hall–Kier alpha value is -1.60. The smallest absolute Gasteiger partial charge is 0.246 e. The molecule has 0 aromatic heterocycles. The van der Waals surface area contributed by atoms with E-state index in [2.05, 4.69) is 5.32 Å². The van der Waals surface area contributed by atoms with Gasteiger partial charge < -0.3 is 10.1 Å². The maximum absolute atomic E-state index is 12.9. The van der Waals surface area contributed by atoms with Crippen LogP contribution in [-0.2, 0) is 14.8 Å². The van der Waals surface area contributed by atoms with Crippen LogP contribution in [0.15, 0.2) is 23.1 Å². The fraction of sp³-hybridized carbons (Fsp3) is 0.611. The molecule has 0 saturated carbocycles. The van der Waals surface area contributed by atoms with Crippen LogP contribution in [-0.4, -0.2) is 38.3 Å². The fourth-order valence-electron chi connectivity index (χ4n) is 2.82. The van der Waals surface area contributed by atoms with Crippen LogP contribution in [0.5, 0.6) is 5.75 Å². The standard InChI is InChI=1S/C18H28N2O4S/c1-5-24-15-9-8-14(19-17(21)13-18(2,3)4)12-16(15)25(22,23)20-10-6-7-11-20/h8-9,12H,5-7,10-11,13H2,1-4H3,(H,19,21). The lowest BCUT2D eigenvalue weighted by molar-refractivity contribution is -0.117. The highest BCUT2D eigenvalue weighted by Gasteiger charge is 2.30. The van der Waals surface area contributed by atoms with Crippen LogP contribution >= 0.6 is 0 Å². The summed E-state index contributed by atoms with van der Waals surface area (Å²) in [6, 6.07) is 4.78. The fourth-order valence-corrected chi connectivity index (χ4v) is 4.49. The van der Waals surface area contributed by atoms with Crippen LogP contribution in [0.2, 0.25) is 0 Å². The molecule has 0 radical (unpaired) electrons. The highest BCUT2D eigenvalue weighted by atomic mass is 32.2. The summed E-state index contributed by atoms with van der Waals surface area (Å²) >= 11 is 0. The predicted molar refractivity (Wildman–Crippen MR) is 98.3 cm³/mol.